The van der Waals surface area contributed by atoms with Gasteiger partial charge in [0.25, 0.3) is 0 Å². The van der Waals surface area contributed by atoms with Crippen LogP contribution in [0.3, 0.4) is 0 Å². The van der Waals surface area contributed by atoms with E-state index in [4.69, 9.17) is 17.3 Å². The molecule has 0 saturated heterocycles. The molecule has 20 heavy (non-hydrogen) atoms. The number of thiazole rings is 1. The lowest BCUT2D eigenvalue weighted by molar-refractivity contribution is -0.116. The van der Waals surface area contributed by atoms with Crippen LogP contribution >= 0.6 is 34.7 Å². The molecule has 1 aromatic carbocycles. The van der Waals surface area contributed by atoms with Gasteiger partial charge in [0.2, 0.25) is 5.91 Å². The second-order valence-corrected chi connectivity index (χ2v) is 6.70. The van der Waals surface area contributed by atoms with E-state index in [-0.39, 0.29) is 5.91 Å². The molecule has 0 saturated carbocycles. The molecule has 0 unspecified atom stereocenters. The summed E-state index contributed by atoms with van der Waals surface area (Å²) in [7, 11) is 0. The summed E-state index contributed by atoms with van der Waals surface area (Å²) >= 11 is 9.14. The molecule has 1 heterocycles. The molecule has 106 valence electrons. The number of amides is 1. The molecule has 3 N–H and O–H groups in total. The fraction of sp³-hybridized carbons (Fsp3) is 0.231. The van der Waals surface area contributed by atoms with Crippen molar-refractivity contribution in [3.8, 4) is 0 Å². The third-order valence-corrected chi connectivity index (χ3v) is 4.76. The Morgan fingerprint density at radius 3 is 3.10 bits per heavy atom. The predicted molar refractivity (Wildman–Crippen MR) is 86.6 cm³/mol. The van der Waals surface area contributed by atoms with Crippen molar-refractivity contribution >= 4 is 52.0 Å². The summed E-state index contributed by atoms with van der Waals surface area (Å²) in [5, 5.41) is 5.27. The number of nitrogens with one attached hydrogen (secondary N) is 1. The lowest BCUT2D eigenvalue weighted by Gasteiger charge is -2.08. The molecular weight excluding hydrogens is 314 g/mol. The lowest BCUT2D eigenvalue weighted by Crippen LogP contribution is -2.12. The van der Waals surface area contributed by atoms with E-state index in [9.17, 15) is 4.79 Å². The van der Waals surface area contributed by atoms with Gasteiger partial charge < -0.3 is 11.1 Å². The third-order valence-electron chi connectivity index (χ3n) is 2.47. The highest BCUT2D eigenvalue weighted by Crippen LogP contribution is 2.24. The van der Waals surface area contributed by atoms with Gasteiger partial charge in [0.15, 0.2) is 0 Å². The summed E-state index contributed by atoms with van der Waals surface area (Å²) < 4.78 is 1.03. The first kappa shape index (κ1) is 15.2. The Kier molecular flexibility index (Phi) is 5.70. The maximum atomic E-state index is 11.8. The number of nitrogen functional groups attached to an aromatic ring is 1. The zero-order valence-corrected chi connectivity index (χ0v) is 13.0. The fourth-order valence-electron chi connectivity index (χ4n) is 1.52. The maximum Gasteiger partial charge on any atom is 0.224 e. The van der Waals surface area contributed by atoms with Gasteiger partial charge in [-0.05, 0) is 24.6 Å². The molecule has 2 aromatic rings. The normalized spacial score (nSPS) is 10.4. The van der Waals surface area contributed by atoms with E-state index in [0.29, 0.717) is 22.8 Å². The quantitative estimate of drug-likeness (QED) is 0.480. The van der Waals surface area contributed by atoms with Crippen molar-refractivity contribution in [2.24, 2.45) is 0 Å². The second kappa shape index (κ2) is 7.52. The molecule has 0 spiro atoms. The van der Waals surface area contributed by atoms with Gasteiger partial charge in [-0.2, -0.15) is 0 Å². The van der Waals surface area contributed by atoms with Gasteiger partial charge in [0, 0.05) is 28.8 Å². The molecule has 0 aliphatic rings. The number of thioether (sulfide) groups is 1. The number of halogens is 1. The molecule has 0 atom stereocenters. The Labute approximate surface area is 130 Å². The number of nitrogens with two attached hydrogens (primary N) is 1. The number of rotatable bonds is 6. The van der Waals surface area contributed by atoms with Gasteiger partial charge in [-0.25, -0.2) is 4.98 Å². The van der Waals surface area contributed by atoms with Crippen molar-refractivity contribution in [2.75, 3.05) is 16.8 Å². The maximum absolute atomic E-state index is 11.8. The Morgan fingerprint density at radius 2 is 2.35 bits per heavy atom. The molecule has 0 radical (unpaired) electrons. The van der Waals surface area contributed by atoms with Crippen molar-refractivity contribution < 1.29 is 4.79 Å². The van der Waals surface area contributed by atoms with E-state index in [0.717, 1.165) is 16.5 Å². The summed E-state index contributed by atoms with van der Waals surface area (Å²) in [6, 6.07) is 5.02. The zero-order chi connectivity index (χ0) is 14.4. The van der Waals surface area contributed by atoms with Crippen molar-refractivity contribution in [1.29, 1.82) is 0 Å². The molecule has 7 heteroatoms. The standard InChI is InChI=1S/C13H14ClN3OS2/c14-9-3-4-10(15)11(8-9)17-12(18)2-1-6-19-13-16-5-7-20-13/h3-5,7-8H,1-2,6,15H2,(H,17,18). The number of anilines is 2. The Bertz CT molecular complexity index is 575. The Morgan fingerprint density at radius 1 is 1.50 bits per heavy atom. The minimum atomic E-state index is -0.0568. The van der Waals surface area contributed by atoms with Crippen LogP contribution < -0.4 is 11.1 Å². The monoisotopic (exact) mass is 327 g/mol. The van der Waals surface area contributed by atoms with Gasteiger partial charge in [-0.1, -0.05) is 23.4 Å². The van der Waals surface area contributed by atoms with Crippen LogP contribution in [0.25, 0.3) is 0 Å². The van der Waals surface area contributed by atoms with Gasteiger partial charge in [0.1, 0.15) is 4.34 Å². The van der Waals surface area contributed by atoms with E-state index < -0.39 is 0 Å². The van der Waals surface area contributed by atoms with E-state index in [1.165, 1.54) is 0 Å². The average Bonchev–Trinajstić information content (AvgIpc) is 2.92. The molecule has 0 fully saturated rings. The topological polar surface area (TPSA) is 68.0 Å². The largest absolute Gasteiger partial charge is 0.397 e. The van der Waals surface area contributed by atoms with Gasteiger partial charge in [-0.3, -0.25) is 4.79 Å². The molecule has 0 bridgehead atoms. The first-order valence-electron chi connectivity index (χ1n) is 6.02. The molecular formula is C13H14ClN3OS2. The van der Waals surface area contributed by atoms with Crippen LogP contribution in [0.15, 0.2) is 34.1 Å². The van der Waals surface area contributed by atoms with Gasteiger partial charge in [0.05, 0.1) is 11.4 Å². The van der Waals surface area contributed by atoms with E-state index in [1.807, 2.05) is 5.38 Å². The molecule has 0 aliphatic heterocycles. The van der Waals surface area contributed by atoms with Crippen LogP contribution in [0.4, 0.5) is 11.4 Å². The van der Waals surface area contributed by atoms with Crippen LogP contribution in [-0.2, 0) is 4.79 Å². The Hall–Kier alpha value is -1.24. The second-order valence-electron chi connectivity index (χ2n) is 4.03. The minimum absolute atomic E-state index is 0.0568. The smallest absolute Gasteiger partial charge is 0.224 e. The van der Waals surface area contributed by atoms with Crippen LogP contribution in [0.2, 0.25) is 5.02 Å². The number of nitrogens with zero attached hydrogens (tertiary/aromatic N) is 1. The zero-order valence-electron chi connectivity index (χ0n) is 10.6. The number of aromatic nitrogens is 1. The van der Waals surface area contributed by atoms with Gasteiger partial charge in [-0.15, -0.1) is 11.3 Å². The summed E-state index contributed by atoms with van der Waals surface area (Å²) in [5.41, 5.74) is 6.85. The van der Waals surface area contributed by atoms with Crippen molar-refractivity contribution in [2.45, 2.75) is 17.2 Å². The summed E-state index contributed by atoms with van der Waals surface area (Å²) in [5.74, 6) is 0.810. The lowest BCUT2D eigenvalue weighted by atomic mass is 10.2. The fourth-order valence-corrected chi connectivity index (χ4v) is 3.34. The van der Waals surface area contributed by atoms with Crippen molar-refractivity contribution in [3.63, 3.8) is 0 Å². The van der Waals surface area contributed by atoms with E-state index >= 15 is 0 Å². The summed E-state index contributed by atoms with van der Waals surface area (Å²) in [4.78, 5) is 16.0. The molecule has 2 rings (SSSR count). The van der Waals surface area contributed by atoms with Crippen molar-refractivity contribution in [3.05, 3.63) is 34.8 Å². The summed E-state index contributed by atoms with van der Waals surface area (Å²) in [6.45, 7) is 0. The van der Waals surface area contributed by atoms with Crippen LogP contribution in [0.1, 0.15) is 12.8 Å². The number of carbonyl (C=O) groups excluding carboxylic acids is 1. The Balaban J connectivity index is 1.73. The average molecular weight is 328 g/mol. The number of hydrogen-bond donors (Lipinski definition) is 2. The molecule has 4 nitrogen and oxygen atoms in total. The molecule has 0 aliphatic carbocycles. The van der Waals surface area contributed by atoms with Crippen LogP contribution in [0.5, 0.6) is 0 Å². The first-order valence-corrected chi connectivity index (χ1v) is 8.26. The third kappa shape index (κ3) is 4.70. The predicted octanol–water partition coefficient (Wildman–Crippen LogP) is 3.89. The molecule has 1 aromatic heterocycles. The van der Waals surface area contributed by atoms with E-state index in [2.05, 4.69) is 10.3 Å². The number of benzene rings is 1. The first-order chi connectivity index (χ1) is 9.65. The highest BCUT2D eigenvalue weighted by atomic mass is 35.5. The van der Waals surface area contributed by atoms with Gasteiger partial charge >= 0.3 is 0 Å². The summed E-state index contributed by atoms with van der Waals surface area (Å²) in [6.07, 6.45) is 3.02. The van der Waals surface area contributed by atoms with Crippen molar-refractivity contribution in [1.82, 2.24) is 4.98 Å². The minimum Gasteiger partial charge on any atom is -0.397 e. The van der Waals surface area contributed by atoms with Crippen LogP contribution in [0, 0.1) is 0 Å². The highest BCUT2D eigenvalue weighted by molar-refractivity contribution is 8.00. The SMILES string of the molecule is Nc1ccc(Cl)cc1NC(=O)CCCSc1nccs1. The van der Waals surface area contributed by atoms with Crippen LogP contribution in [-0.4, -0.2) is 16.6 Å². The number of hydrogen-bond acceptors (Lipinski definition) is 5. The number of carbonyl (C=O) groups is 1. The highest BCUT2D eigenvalue weighted by Gasteiger charge is 2.06. The molecule has 1 amide bonds. The van der Waals surface area contributed by atoms with E-state index in [1.54, 1.807) is 47.5 Å².